The molecule has 0 saturated carbocycles. The number of hydrogen-bond acceptors (Lipinski definition) is 2. The first kappa shape index (κ1) is 16.9. The monoisotopic (exact) mass is 299 g/mol. The van der Waals surface area contributed by atoms with E-state index in [9.17, 15) is 0 Å². The summed E-state index contributed by atoms with van der Waals surface area (Å²) in [4.78, 5) is 1.32. The highest BCUT2D eigenvalue weighted by molar-refractivity contribution is 7.99. The van der Waals surface area contributed by atoms with Crippen LogP contribution in [0.4, 0.5) is 0 Å². The Morgan fingerprint density at radius 3 is 2.53 bits per heavy atom. The Balaban J connectivity index is 2.61. The maximum atomic E-state index is 6.33. The maximum absolute atomic E-state index is 6.33. The first-order valence-corrected chi connectivity index (χ1v) is 8.48. The van der Waals surface area contributed by atoms with Crippen molar-refractivity contribution in [1.82, 2.24) is 5.32 Å². The van der Waals surface area contributed by atoms with Gasteiger partial charge in [-0.1, -0.05) is 45.4 Å². The van der Waals surface area contributed by atoms with E-state index >= 15 is 0 Å². The van der Waals surface area contributed by atoms with Gasteiger partial charge in [-0.15, -0.1) is 11.8 Å². The molecule has 1 N–H and O–H groups in total. The second kappa shape index (κ2) is 8.89. The van der Waals surface area contributed by atoms with Crippen molar-refractivity contribution in [2.24, 2.45) is 11.8 Å². The van der Waals surface area contributed by atoms with Crippen molar-refractivity contribution in [3.05, 3.63) is 28.8 Å². The van der Waals surface area contributed by atoms with Crippen LogP contribution in [0.3, 0.4) is 0 Å². The summed E-state index contributed by atoms with van der Waals surface area (Å²) in [5.41, 5.74) is 1.25. The first-order chi connectivity index (χ1) is 9.00. The van der Waals surface area contributed by atoms with Crippen LogP contribution in [0.1, 0.15) is 39.7 Å². The third-order valence-corrected chi connectivity index (χ3v) is 4.37. The molecule has 0 bridgehead atoms. The van der Waals surface area contributed by atoms with E-state index in [0.717, 1.165) is 29.8 Å². The van der Waals surface area contributed by atoms with Gasteiger partial charge in [-0.2, -0.15) is 0 Å². The van der Waals surface area contributed by atoms with Crippen LogP contribution in [0.5, 0.6) is 0 Å². The van der Waals surface area contributed by atoms with E-state index in [0.29, 0.717) is 5.92 Å². The molecule has 1 aromatic carbocycles. The molecule has 0 aliphatic carbocycles. The van der Waals surface area contributed by atoms with Gasteiger partial charge in [0.2, 0.25) is 0 Å². The molecule has 108 valence electrons. The SMILES string of the molecule is CC(C)CCSc1cccc(Cl)c1CNCC(C)C. The molecular formula is C16H26ClNS. The molecule has 0 amide bonds. The first-order valence-electron chi connectivity index (χ1n) is 7.11. The van der Waals surface area contributed by atoms with Crippen LogP contribution in [-0.2, 0) is 6.54 Å². The second-order valence-corrected chi connectivity index (χ2v) is 7.32. The molecule has 0 atom stereocenters. The average Bonchev–Trinajstić information content (AvgIpc) is 2.31. The molecule has 0 aliphatic heterocycles. The molecule has 1 rings (SSSR count). The summed E-state index contributed by atoms with van der Waals surface area (Å²) in [7, 11) is 0. The molecule has 1 nitrogen and oxygen atoms in total. The Bertz CT molecular complexity index is 377. The summed E-state index contributed by atoms with van der Waals surface area (Å²) in [6.07, 6.45) is 1.25. The fraction of sp³-hybridized carbons (Fsp3) is 0.625. The van der Waals surface area contributed by atoms with Crippen molar-refractivity contribution in [2.75, 3.05) is 12.3 Å². The quantitative estimate of drug-likeness (QED) is 0.660. The third kappa shape index (κ3) is 6.69. The number of benzene rings is 1. The lowest BCUT2D eigenvalue weighted by molar-refractivity contribution is 0.550. The van der Waals surface area contributed by atoms with Crippen molar-refractivity contribution >= 4 is 23.4 Å². The molecule has 1 aromatic rings. The zero-order valence-corrected chi connectivity index (χ0v) is 14.1. The molecular weight excluding hydrogens is 274 g/mol. The highest BCUT2D eigenvalue weighted by Gasteiger charge is 2.08. The molecule has 0 spiro atoms. The topological polar surface area (TPSA) is 12.0 Å². The smallest absolute Gasteiger partial charge is 0.0462 e. The van der Waals surface area contributed by atoms with E-state index in [4.69, 9.17) is 11.6 Å². The van der Waals surface area contributed by atoms with Gasteiger partial charge in [-0.3, -0.25) is 0 Å². The number of thioether (sulfide) groups is 1. The molecule has 3 heteroatoms. The van der Waals surface area contributed by atoms with E-state index < -0.39 is 0 Å². The van der Waals surface area contributed by atoms with Crippen LogP contribution < -0.4 is 5.32 Å². The Kier molecular flexibility index (Phi) is 7.89. The fourth-order valence-electron chi connectivity index (χ4n) is 1.74. The Morgan fingerprint density at radius 1 is 1.16 bits per heavy atom. The molecule has 0 aliphatic rings. The van der Waals surface area contributed by atoms with Crippen LogP contribution >= 0.6 is 23.4 Å². The summed E-state index contributed by atoms with van der Waals surface area (Å²) in [6.45, 7) is 10.9. The Labute approximate surface area is 127 Å². The number of hydrogen-bond donors (Lipinski definition) is 1. The zero-order chi connectivity index (χ0) is 14.3. The highest BCUT2D eigenvalue weighted by atomic mass is 35.5. The predicted molar refractivity (Wildman–Crippen MR) is 88.2 cm³/mol. The van der Waals surface area contributed by atoms with Crippen LogP contribution in [0.15, 0.2) is 23.1 Å². The molecule has 0 heterocycles. The molecule has 0 saturated heterocycles. The predicted octanol–water partition coefficient (Wildman–Crippen LogP) is 5.22. The number of rotatable bonds is 8. The summed E-state index contributed by atoms with van der Waals surface area (Å²) >= 11 is 8.26. The molecule has 0 fully saturated rings. The fourth-order valence-corrected chi connectivity index (χ4v) is 3.37. The van der Waals surface area contributed by atoms with Gasteiger partial charge < -0.3 is 5.32 Å². The zero-order valence-electron chi connectivity index (χ0n) is 12.5. The number of nitrogens with one attached hydrogen (secondary N) is 1. The van der Waals surface area contributed by atoms with Gasteiger partial charge in [0.05, 0.1) is 0 Å². The molecule has 0 aromatic heterocycles. The summed E-state index contributed by atoms with van der Waals surface area (Å²) in [5.74, 6) is 2.59. The highest BCUT2D eigenvalue weighted by Crippen LogP contribution is 2.29. The van der Waals surface area contributed by atoms with Gasteiger partial charge in [-0.25, -0.2) is 0 Å². The minimum atomic E-state index is 0.666. The lowest BCUT2D eigenvalue weighted by Crippen LogP contribution is -2.19. The van der Waals surface area contributed by atoms with Gasteiger partial charge in [0.25, 0.3) is 0 Å². The van der Waals surface area contributed by atoms with Crippen LogP contribution in [0.25, 0.3) is 0 Å². The van der Waals surface area contributed by atoms with E-state index in [1.165, 1.54) is 16.9 Å². The van der Waals surface area contributed by atoms with Gasteiger partial charge in [0, 0.05) is 16.5 Å². The van der Waals surface area contributed by atoms with Crippen LogP contribution in [-0.4, -0.2) is 12.3 Å². The minimum absolute atomic E-state index is 0.666. The van der Waals surface area contributed by atoms with Gasteiger partial charge >= 0.3 is 0 Å². The summed E-state index contributed by atoms with van der Waals surface area (Å²) < 4.78 is 0. The van der Waals surface area contributed by atoms with Gasteiger partial charge in [0.1, 0.15) is 0 Å². The van der Waals surface area contributed by atoms with Crippen LogP contribution in [0.2, 0.25) is 5.02 Å². The molecule has 0 radical (unpaired) electrons. The van der Waals surface area contributed by atoms with E-state index in [1.807, 2.05) is 23.9 Å². The van der Waals surface area contributed by atoms with Crippen molar-refractivity contribution in [3.63, 3.8) is 0 Å². The maximum Gasteiger partial charge on any atom is 0.0462 e. The van der Waals surface area contributed by atoms with Gasteiger partial charge in [0.15, 0.2) is 0 Å². The van der Waals surface area contributed by atoms with Crippen LogP contribution in [0, 0.1) is 11.8 Å². The Hall–Kier alpha value is -0.180. The summed E-state index contributed by atoms with van der Waals surface area (Å²) in [5, 5.41) is 4.36. The van der Waals surface area contributed by atoms with Gasteiger partial charge in [-0.05, 0) is 48.3 Å². The van der Waals surface area contributed by atoms with E-state index in [-0.39, 0.29) is 0 Å². The third-order valence-electron chi connectivity index (χ3n) is 2.88. The largest absolute Gasteiger partial charge is 0.312 e. The second-order valence-electron chi connectivity index (χ2n) is 5.77. The van der Waals surface area contributed by atoms with Crippen molar-refractivity contribution in [2.45, 2.75) is 45.6 Å². The lowest BCUT2D eigenvalue weighted by Gasteiger charge is -2.13. The van der Waals surface area contributed by atoms with E-state index in [1.54, 1.807) is 0 Å². The van der Waals surface area contributed by atoms with Crippen molar-refractivity contribution < 1.29 is 0 Å². The van der Waals surface area contributed by atoms with Crippen molar-refractivity contribution in [3.8, 4) is 0 Å². The standard InChI is InChI=1S/C16H26ClNS/c1-12(2)8-9-19-16-7-5-6-15(17)14(16)11-18-10-13(3)4/h5-7,12-13,18H,8-11H2,1-4H3. The normalized spacial score (nSPS) is 11.5. The van der Waals surface area contributed by atoms with Crippen molar-refractivity contribution in [1.29, 1.82) is 0 Å². The minimum Gasteiger partial charge on any atom is -0.312 e. The molecule has 19 heavy (non-hydrogen) atoms. The Morgan fingerprint density at radius 2 is 1.89 bits per heavy atom. The lowest BCUT2D eigenvalue weighted by atomic mass is 10.2. The average molecular weight is 300 g/mol. The molecule has 0 unspecified atom stereocenters. The number of halogens is 1. The van der Waals surface area contributed by atoms with E-state index in [2.05, 4.69) is 39.1 Å². The summed E-state index contributed by atoms with van der Waals surface area (Å²) in [6, 6.07) is 6.22.